The van der Waals surface area contributed by atoms with E-state index < -0.39 is 41.2 Å². The fourth-order valence-electron chi connectivity index (χ4n) is 3.06. The number of hydrogen-bond donors (Lipinski definition) is 1. The first kappa shape index (κ1) is 19.0. The Morgan fingerprint density at radius 3 is 2.56 bits per heavy atom. The number of nitrogens with zero attached hydrogens (tertiary/aromatic N) is 1. The number of nitrogens with one attached hydrogen (secondary N) is 1. The molecule has 1 saturated carbocycles. The van der Waals surface area contributed by atoms with Crippen molar-refractivity contribution in [3.05, 3.63) is 0 Å². The zero-order valence-corrected chi connectivity index (χ0v) is 15.1. The normalized spacial score (nSPS) is 27.6. The Hall–Kier alpha value is -2.32. The molecule has 2 aliphatic rings. The third-order valence-corrected chi connectivity index (χ3v) is 4.01. The van der Waals surface area contributed by atoms with E-state index in [0.29, 0.717) is 0 Å². The van der Waals surface area contributed by atoms with E-state index >= 15 is 0 Å². The molecule has 1 amide bonds. The third-order valence-electron chi connectivity index (χ3n) is 4.01. The molecule has 1 fully saturated rings. The van der Waals surface area contributed by atoms with E-state index in [0.717, 1.165) is 0 Å². The first-order valence-corrected chi connectivity index (χ1v) is 8.12. The number of carbonyl (C=O) groups is 3. The summed E-state index contributed by atoms with van der Waals surface area (Å²) in [5.41, 5.74) is -1.95. The quantitative estimate of drug-likeness (QED) is 0.594. The number of ether oxygens (including phenoxy) is 3. The highest BCUT2D eigenvalue weighted by molar-refractivity contribution is 6.37. The van der Waals surface area contributed by atoms with E-state index in [-0.39, 0.29) is 25.2 Å². The fourth-order valence-corrected chi connectivity index (χ4v) is 3.06. The third kappa shape index (κ3) is 4.02. The summed E-state index contributed by atoms with van der Waals surface area (Å²) in [5.74, 6) is -1.68. The SMILES string of the molecule is CCOC(=O)C1=NO[C@H]2C[C@@](NC(=O)OC(C)(C)C)(C(=O)OC)C[C@@H]12. The Balaban J connectivity index is 2.18. The summed E-state index contributed by atoms with van der Waals surface area (Å²) < 4.78 is 15.0. The number of esters is 2. The molecule has 3 atom stereocenters. The van der Waals surface area contributed by atoms with E-state index in [1.807, 2.05) is 0 Å². The molecule has 0 aromatic rings. The summed E-state index contributed by atoms with van der Waals surface area (Å²) in [7, 11) is 1.23. The summed E-state index contributed by atoms with van der Waals surface area (Å²) in [6, 6.07) is 0. The monoisotopic (exact) mass is 356 g/mol. The van der Waals surface area contributed by atoms with Gasteiger partial charge in [0.2, 0.25) is 0 Å². The van der Waals surface area contributed by atoms with Crippen LogP contribution in [0.4, 0.5) is 4.79 Å². The van der Waals surface area contributed by atoms with E-state index in [1.54, 1.807) is 27.7 Å². The van der Waals surface area contributed by atoms with Crippen LogP contribution in [0.2, 0.25) is 0 Å². The van der Waals surface area contributed by atoms with Crippen LogP contribution in [0.15, 0.2) is 5.16 Å². The van der Waals surface area contributed by atoms with E-state index in [9.17, 15) is 14.4 Å². The highest BCUT2D eigenvalue weighted by Gasteiger charge is 2.58. The minimum absolute atomic E-state index is 0.112. The lowest BCUT2D eigenvalue weighted by Crippen LogP contribution is -2.55. The average Bonchev–Trinajstić information content (AvgIpc) is 3.02. The van der Waals surface area contributed by atoms with Crippen LogP contribution in [-0.4, -0.2) is 54.7 Å². The second kappa shape index (κ2) is 6.89. The van der Waals surface area contributed by atoms with Gasteiger partial charge in [0.25, 0.3) is 0 Å². The van der Waals surface area contributed by atoms with Crippen molar-refractivity contribution in [1.82, 2.24) is 5.32 Å². The van der Waals surface area contributed by atoms with Gasteiger partial charge in [0, 0.05) is 6.42 Å². The fraction of sp³-hybridized carbons (Fsp3) is 0.750. The summed E-state index contributed by atoms with van der Waals surface area (Å²) in [6.07, 6.45) is -1.03. The van der Waals surface area contributed by atoms with Crippen LogP contribution in [0.25, 0.3) is 0 Å². The number of amides is 1. The number of hydrogen-bond acceptors (Lipinski definition) is 8. The molecular formula is C16H24N2O7. The predicted molar refractivity (Wildman–Crippen MR) is 85.8 cm³/mol. The lowest BCUT2D eigenvalue weighted by atomic mass is 9.94. The maximum absolute atomic E-state index is 12.4. The molecule has 0 aromatic heterocycles. The number of carbonyl (C=O) groups excluding carboxylic acids is 3. The molecule has 1 aliphatic carbocycles. The molecule has 1 aliphatic heterocycles. The van der Waals surface area contributed by atoms with Crippen molar-refractivity contribution in [2.24, 2.45) is 11.1 Å². The molecule has 0 radical (unpaired) electrons. The van der Waals surface area contributed by atoms with Crippen LogP contribution in [0.1, 0.15) is 40.5 Å². The summed E-state index contributed by atoms with van der Waals surface area (Å²) in [6.45, 7) is 7.04. The van der Waals surface area contributed by atoms with Crippen molar-refractivity contribution in [2.45, 2.75) is 57.8 Å². The number of oxime groups is 1. The molecule has 1 heterocycles. The minimum atomic E-state index is -1.35. The van der Waals surface area contributed by atoms with Crippen LogP contribution < -0.4 is 5.32 Å². The molecular weight excluding hydrogens is 332 g/mol. The van der Waals surface area contributed by atoms with Gasteiger partial charge in [-0.05, 0) is 34.1 Å². The second-order valence-electron chi connectivity index (χ2n) is 7.06. The molecule has 0 aromatic carbocycles. The smallest absolute Gasteiger partial charge is 0.408 e. The van der Waals surface area contributed by atoms with Crippen LogP contribution >= 0.6 is 0 Å². The van der Waals surface area contributed by atoms with Gasteiger partial charge in [-0.25, -0.2) is 14.4 Å². The van der Waals surface area contributed by atoms with Crippen LogP contribution in [0.3, 0.4) is 0 Å². The first-order valence-electron chi connectivity index (χ1n) is 8.12. The Kier molecular flexibility index (Phi) is 5.24. The molecule has 0 unspecified atom stereocenters. The molecule has 0 bridgehead atoms. The first-order chi connectivity index (χ1) is 11.6. The van der Waals surface area contributed by atoms with Crippen molar-refractivity contribution in [1.29, 1.82) is 0 Å². The van der Waals surface area contributed by atoms with Gasteiger partial charge in [-0.1, -0.05) is 5.16 Å². The summed E-state index contributed by atoms with van der Waals surface area (Å²) in [4.78, 5) is 41.8. The topological polar surface area (TPSA) is 113 Å². The van der Waals surface area contributed by atoms with Crippen molar-refractivity contribution < 1.29 is 33.4 Å². The van der Waals surface area contributed by atoms with Gasteiger partial charge < -0.3 is 24.4 Å². The lowest BCUT2D eigenvalue weighted by Gasteiger charge is -2.29. The number of rotatable bonds is 4. The van der Waals surface area contributed by atoms with Crippen LogP contribution in [0, 0.1) is 5.92 Å². The van der Waals surface area contributed by atoms with Gasteiger partial charge in [-0.15, -0.1) is 0 Å². The lowest BCUT2D eigenvalue weighted by molar-refractivity contribution is -0.149. The van der Waals surface area contributed by atoms with Crippen molar-refractivity contribution in [2.75, 3.05) is 13.7 Å². The number of methoxy groups -OCH3 is 1. The van der Waals surface area contributed by atoms with Gasteiger partial charge in [0.1, 0.15) is 17.2 Å². The Morgan fingerprint density at radius 1 is 1.32 bits per heavy atom. The molecule has 9 nitrogen and oxygen atoms in total. The summed E-state index contributed by atoms with van der Waals surface area (Å²) in [5, 5.41) is 6.37. The second-order valence-corrected chi connectivity index (χ2v) is 7.06. The zero-order chi connectivity index (χ0) is 18.8. The van der Waals surface area contributed by atoms with Gasteiger partial charge in [0.15, 0.2) is 5.71 Å². The van der Waals surface area contributed by atoms with Crippen molar-refractivity contribution >= 4 is 23.7 Å². The largest absolute Gasteiger partial charge is 0.467 e. The molecule has 9 heteroatoms. The predicted octanol–water partition coefficient (Wildman–Crippen LogP) is 1.15. The zero-order valence-electron chi connectivity index (χ0n) is 15.1. The van der Waals surface area contributed by atoms with Gasteiger partial charge >= 0.3 is 18.0 Å². The molecule has 0 spiro atoms. The number of fused-ring (bicyclic) bond motifs is 1. The summed E-state index contributed by atoms with van der Waals surface area (Å²) >= 11 is 0. The molecule has 25 heavy (non-hydrogen) atoms. The molecule has 140 valence electrons. The van der Waals surface area contributed by atoms with Crippen LogP contribution in [0.5, 0.6) is 0 Å². The maximum atomic E-state index is 12.4. The van der Waals surface area contributed by atoms with Crippen molar-refractivity contribution in [3.63, 3.8) is 0 Å². The van der Waals surface area contributed by atoms with Gasteiger partial charge in [-0.2, -0.15) is 0 Å². The molecule has 0 saturated heterocycles. The van der Waals surface area contributed by atoms with E-state index in [4.69, 9.17) is 19.0 Å². The van der Waals surface area contributed by atoms with Crippen molar-refractivity contribution in [3.8, 4) is 0 Å². The van der Waals surface area contributed by atoms with Gasteiger partial charge in [-0.3, -0.25) is 0 Å². The Bertz CT molecular complexity index is 596. The minimum Gasteiger partial charge on any atom is -0.467 e. The highest BCUT2D eigenvalue weighted by atomic mass is 16.6. The highest BCUT2D eigenvalue weighted by Crippen LogP contribution is 2.42. The Labute approximate surface area is 146 Å². The van der Waals surface area contributed by atoms with E-state index in [1.165, 1.54) is 7.11 Å². The Morgan fingerprint density at radius 2 is 2.00 bits per heavy atom. The van der Waals surface area contributed by atoms with Gasteiger partial charge in [0.05, 0.1) is 19.6 Å². The maximum Gasteiger partial charge on any atom is 0.408 e. The van der Waals surface area contributed by atoms with E-state index in [2.05, 4.69) is 10.5 Å². The average molecular weight is 356 g/mol. The molecule has 1 N–H and O–H groups in total. The standard InChI is InChI=1S/C16H24N2O7/c1-6-23-12(19)11-9-7-16(13(20)22-5,8-10(9)25-18-11)17-14(21)24-15(2,3)4/h9-10H,6-8H2,1-5H3,(H,17,21)/t9-,10+,16-/m1/s1. The van der Waals surface area contributed by atoms with Crippen LogP contribution in [-0.2, 0) is 28.6 Å². The number of alkyl carbamates (subject to hydrolysis) is 1. The molecule has 2 rings (SSSR count).